The van der Waals surface area contributed by atoms with Crippen LogP contribution in [0.5, 0.6) is 11.5 Å². The summed E-state index contributed by atoms with van der Waals surface area (Å²) in [6.07, 6.45) is 2.86. The summed E-state index contributed by atoms with van der Waals surface area (Å²) < 4.78 is 53.3. The number of benzene rings is 3. The van der Waals surface area contributed by atoms with Crippen molar-refractivity contribution in [3.63, 3.8) is 0 Å². The highest BCUT2D eigenvalue weighted by atomic mass is 32.2. The first-order chi connectivity index (χ1) is 18.6. The van der Waals surface area contributed by atoms with Crippen LogP contribution >= 0.6 is 0 Å². The van der Waals surface area contributed by atoms with Crippen molar-refractivity contribution in [3.8, 4) is 33.8 Å². The monoisotopic (exact) mass is 546 g/mol. The standard InChI is InChI=1S/C29H23FN2O6S/c1-17-8-10-20(11-9-17)39(35,36)32-16-24(21-6-4-5-7-26(21)37-2)22-13-19(15-31-28(22)32)18-12-23(29(34)38-3)27(33)25(30)14-18/h4-16,33H,1-3H3. The smallest absolute Gasteiger partial charge is 0.341 e. The largest absolute Gasteiger partial charge is 0.504 e. The first kappa shape index (κ1) is 25.9. The van der Waals surface area contributed by atoms with Gasteiger partial charge in [0.15, 0.2) is 17.2 Å². The molecule has 0 radical (unpaired) electrons. The molecule has 10 heteroatoms. The molecule has 0 saturated carbocycles. The van der Waals surface area contributed by atoms with Crippen molar-refractivity contribution in [1.29, 1.82) is 0 Å². The number of aromatic hydroxyl groups is 1. The molecule has 8 nitrogen and oxygen atoms in total. The third kappa shape index (κ3) is 4.48. The van der Waals surface area contributed by atoms with Gasteiger partial charge in [0.2, 0.25) is 0 Å². The molecule has 198 valence electrons. The molecule has 0 bridgehead atoms. The van der Waals surface area contributed by atoms with Gasteiger partial charge in [0.25, 0.3) is 10.0 Å². The number of phenols is 1. The lowest BCUT2D eigenvalue weighted by molar-refractivity contribution is 0.0596. The van der Waals surface area contributed by atoms with E-state index in [1.807, 2.05) is 6.92 Å². The van der Waals surface area contributed by atoms with Gasteiger partial charge in [0.1, 0.15) is 11.3 Å². The van der Waals surface area contributed by atoms with Gasteiger partial charge < -0.3 is 14.6 Å². The topological polar surface area (TPSA) is 108 Å². The van der Waals surface area contributed by atoms with Gasteiger partial charge >= 0.3 is 5.97 Å². The summed E-state index contributed by atoms with van der Waals surface area (Å²) in [7, 11) is -1.41. The van der Waals surface area contributed by atoms with Crippen LogP contribution in [0.25, 0.3) is 33.3 Å². The van der Waals surface area contributed by atoms with Crippen LogP contribution in [0.3, 0.4) is 0 Å². The number of para-hydroxylation sites is 1. The van der Waals surface area contributed by atoms with E-state index in [4.69, 9.17) is 4.74 Å². The summed E-state index contributed by atoms with van der Waals surface area (Å²) in [5.41, 5.74) is 2.46. The molecular formula is C29H23FN2O6S. The molecular weight excluding hydrogens is 523 g/mol. The molecule has 2 aromatic heterocycles. The number of hydrogen-bond acceptors (Lipinski definition) is 7. The van der Waals surface area contributed by atoms with E-state index in [1.165, 1.54) is 37.7 Å². The molecule has 0 atom stereocenters. The van der Waals surface area contributed by atoms with Gasteiger partial charge in [-0.2, -0.15) is 0 Å². The molecule has 0 unspecified atom stereocenters. The fourth-order valence-corrected chi connectivity index (χ4v) is 5.68. The van der Waals surface area contributed by atoms with Crippen LogP contribution in [0.2, 0.25) is 0 Å². The molecule has 1 N–H and O–H groups in total. The number of rotatable bonds is 6. The lowest BCUT2D eigenvalue weighted by Crippen LogP contribution is -2.12. The fourth-order valence-electron chi connectivity index (χ4n) is 4.36. The van der Waals surface area contributed by atoms with E-state index in [1.54, 1.807) is 42.5 Å². The highest BCUT2D eigenvalue weighted by Crippen LogP contribution is 2.39. The van der Waals surface area contributed by atoms with Crippen molar-refractivity contribution >= 4 is 27.0 Å². The molecule has 0 aliphatic carbocycles. The van der Waals surface area contributed by atoms with Gasteiger partial charge in [-0.25, -0.2) is 26.6 Å². The van der Waals surface area contributed by atoms with Gasteiger partial charge in [0.05, 0.1) is 19.1 Å². The summed E-state index contributed by atoms with van der Waals surface area (Å²) in [6.45, 7) is 1.86. The van der Waals surface area contributed by atoms with Crippen LogP contribution in [0, 0.1) is 12.7 Å². The van der Waals surface area contributed by atoms with E-state index in [0.29, 0.717) is 27.8 Å². The summed E-state index contributed by atoms with van der Waals surface area (Å²) in [5, 5.41) is 10.5. The molecule has 2 heterocycles. The Morgan fingerprint density at radius 3 is 2.38 bits per heavy atom. The van der Waals surface area contributed by atoms with Gasteiger partial charge in [-0.15, -0.1) is 0 Å². The number of fused-ring (bicyclic) bond motifs is 1. The summed E-state index contributed by atoms with van der Waals surface area (Å²) in [5.74, 6) is -2.24. The fraction of sp³-hybridized carbons (Fsp3) is 0.103. The van der Waals surface area contributed by atoms with Crippen molar-refractivity contribution in [2.24, 2.45) is 0 Å². The number of carbonyl (C=O) groups is 1. The number of pyridine rings is 1. The second-order valence-electron chi connectivity index (χ2n) is 8.80. The first-order valence-corrected chi connectivity index (χ1v) is 13.2. The van der Waals surface area contributed by atoms with Crippen molar-refractivity contribution in [2.75, 3.05) is 14.2 Å². The molecule has 39 heavy (non-hydrogen) atoms. The average molecular weight is 547 g/mol. The molecule has 0 saturated heterocycles. The zero-order chi connectivity index (χ0) is 27.9. The zero-order valence-electron chi connectivity index (χ0n) is 21.2. The van der Waals surface area contributed by atoms with E-state index in [2.05, 4.69) is 9.72 Å². The van der Waals surface area contributed by atoms with Gasteiger partial charge in [-0.05, 0) is 48.9 Å². The third-order valence-electron chi connectivity index (χ3n) is 6.39. The number of halogens is 1. The minimum atomic E-state index is -4.04. The van der Waals surface area contributed by atoms with E-state index >= 15 is 0 Å². The lowest BCUT2D eigenvalue weighted by atomic mass is 10.00. The zero-order valence-corrected chi connectivity index (χ0v) is 22.0. The molecule has 0 amide bonds. The van der Waals surface area contributed by atoms with Crippen molar-refractivity contribution in [3.05, 3.63) is 96.1 Å². The quantitative estimate of drug-likeness (QED) is 0.278. The van der Waals surface area contributed by atoms with E-state index in [0.717, 1.165) is 22.7 Å². The maximum absolute atomic E-state index is 14.6. The van der Waals surface area contributed by atoms with Crippen molar-refractivity contribution in [1.82, 2.24) is 8.96 Å². The molecule has 0 fully saturated rings. The van der Waals surface area contributed by atoms with E-state index in [-0.39, 0.29) is 21.7 Å². The minimum absolute atomic E-state index is 0.0887. The Kier molecular flexibility index (Phi) is 6.57. The molecule has 5 aromatic rings. The maximum atomic E-state index is 14.6. The van der Waals surface area contributed by atoms with E-state index in [9.17, 15) is 22.7 Å². The van der Waals surface area contributed by atoms with Gasteiger partial charge in [0, 0.05) is 34.5 Å². The predicted octanol–water partition coefficient (Wildman–Crippen LogP) is 5.56. The number of methoxy groups -OCH3 is 2. The molecule has 0 aliphatic rings. The number of phenolic OH excluding ortho intramolecular Hbond substituents is 1. The predicted molar refractivity (Wildman–Crippen MR) is 144 cm³/mol. The molecule has 0 spiro atoms. The number of hydrogen-bond donors (Lipinski definition) is 1. The summed E-state index contributed by atoms with van der Waals surface area (Å²) in [6, 6.07) is 17.6. The highest BCUT2D eigenvalue weighted by Gasteiger charge is 2.25. The van der Waals surface area contributed by atoms with Crippen molar-refractivity contribution in [2.45, 2.75) is 11.8 Å². The first-order valence-electron chi connectivity index (χ1n) is 11.7. The Labute approximate surface area is 223 Å². The van der Waals surface area contributed by atoms with Crippen LogP contribution in [-0.4, -0.2) is 42.7 Å². The number of aromatic nitrogens is 2. The van der Waals surface area contributed by atoms with Gasteiger partial charge in [-0.1, -0.05) is 35.9 Å². The number of aryl methyl sites for hydroxylation is 1. The van der Waals surface area contributed by atoms with Crippen LogP contribution in [0.4, 0.5) is 4.39 Å². The Morgan fingerprint density at radius 2 is 1.69 bits per heavy atom. The molecule has 5 rings (SSSR count). The Bertz CT molecular complexity index is 1850. The Morgan fingerprint density at radius 1 is 0.974 bits per heavy atom. The SMILES string of the molecule is COC(=O)c1cc(-c2cnc3c(c2)c(-c2ccccc2OC)cn3S(=O)(=O)c2ccc(C)cc2)cc(F)c1O. The van der Waals surface area contributed by atoms with Crippen LogP contribution in [0.15, 0.2) is 84.0 Å². The lowest BCUT2D eigenvalue weighted by Gasteiger charge is -2.10. The summed E-state index contributed by atoms with van der Waals surface area (Å²) >= 11 is 0. The summed E-state index contributed by atoms with van der Waals surface area (Å²) in [4.78, 5) is 16.7. The molecule has 3 aromatic carbocycles. The van der Waals surface area contributed by atoms with Crippen LogP contribution in [-0.2, 0) is 14.8 Å². The third-order valence-corrected chi connectivity index (χ3v) is 8.05. The Hall–Kier alpha value is -4.70. The van der Waals surface area contributed by atoms with Crippen LogP contribution < -0.4 is 4.74 Å². The molecule has 0 aliphatic heterocycles. The normalized spacial score (nSPS) is 11.5. The minimum Gasteiger partial charge on any atom is -0.504 e. The maximum Gasteiger partial charge on any atom is 0.341 e. The average Bonchev–Trinajstić information content (AvgIpc) is 3.33. The van der Waals surface area contributed by atoms with Crippen molar-refractivity contribution < 1.29 is 32.2 Å². The number of esters is 1. The number of ether oxygens (including phenoxy) is 2. The number of carbonyl (C=O) groups excluding carboxylic acids is 1. The van der Waals surface area contributed by atoms with Crippen LogP contribution in [0.1, 0.15) is 15.9 Å². The van der Waals surface area contributed by atoms with Gasteiger partial charge in [-0.3, -0.25) is 0 Å². The second-order valence-corrected chi connectivity index (χ2v) is 10.6. The second kappa shape index (κ2) is 9.88. The highest BCUT2D eigenvalue weighted by molar-refractivity contribution is 7.90. The Balaban J connectivity index is 1.79. The number of nitrogens with zero attached hydrogens (tertiary/aromatic N) is 2. The van der Waals surface area contributed by atoms with E-state index < -0.39 is 27.6 Å².